The number of carbonyl (C=O) groups is 1. The molecule has 0 unspecified atom stereocenters. The van der Waals surface area contributed by atoms with Gasteiger partial charge in [0, 0.05) is 16.7 Å². The van der Waals surface area contributed by atoms with E-state index in [1.54, 1.807) is 12.1 Å². The third-order valence-electron chi connectivity index (χ3n) is 2.02. The fraction of sp³-hybridized carbons (Fsp3) is 0.364. The monoisotopic (exact) mass is 275 g/mol. The van der Waals surface area contributed by atoms with Crippen LogP contribution in [0.1, 0.15) is 19.4 Å². The van der Waals surface area contributed by atoms with Gasteiger partial charge in [0.1, 0.15) is 0 Å². The van der Waals surface area contributed by atoms with E-state index < -0.39 is 9.05 Å². The van der Waals surface area contributed by atoms with Gasteiger partial charge in [-0.15, -0.1) is 0 Å². The van der Waals surface area contributed by atoms with Crippen LogP contribution in [-0.4, -0.2) is 20.4 Å². The maximum atomic E-state index is 11.4. The molecule has 0 saturated carbocycles. The van der Waals surface area contributed by atoms with Crippen molar-refractivity contribution < 1.29 is 13.2 Å². The van der Waals surface area contributed by atoms with Crippen molar-refractivity contribution in [2.24, 2.45) is 0 Å². The van der Waals surface area contributed by atoms with E-state index in [1.807, 2.05) is 13.8 Å². The summed E-state index contributed by atoms with van der Waals surface area (Å²) < 4.78 is 22.0. The van der Waals surface area contributed by atoms with Crippen LogP contribution in [0.2, 0.25) is 0 Å². The first kappa shape index (κ1) is 14.0. The van der Waals surface area contributed by atoms with Crippen LogP contribution in [0, 0.1) is 0 Å². The van der Waals surface area contributed by atoms with Crippen LogP contribution in [0.5, 0.6) is 0 Å². The van der Waals surface area contributed by atoms with Crippen molar-refractivity contribution in [1.29, 1.82) is 0 Å². The highest BCUT2D eigenvalue weighted by atomic mass is 35.7. The molecule has 0 saturated heterocycles. The van der Waals surface area contributed by atoms with Crippen molar-refractivity contribution in [3.8, 4) is 0 Å². The lowest BCUT2D eigenvalue weighted by atomic mass is 10.1. The number of carbonyl (C=O) groups excluding carboxylic acids is 1. The highest BCUT2D eigenvalue weighted by Crippen LogP contribution is 2.15. The molecule has 1 amide bonds. The van der Waals surface area contributed by atoms with Crippen molar-refractivity contribution >= 4 is 25.6 Å². The summed E-state index contributed by atoms with van der Waals surface area (Å²) in [6.07, 6.45) is 0.223. The van der Waals surface area contributed by atoms with E-state index in [0.717, 1.165) is 5.56 Å². The zero-order valence-electron chi connectivity index (χ0n) is 9.60. The molecule has 6 heteroatoms. The van der Waals surface area contributed by atoms with Gasteiger partial charge in [0.15, 0.2) is 0 Å². The Hall–Kier alpha value is -1.07. The number of amides is 1. The van der Waals surface area contributed by atoms with Gasteiger partial charge in [-0.25, -0.2) is 8.42 Å². The van der Waals surface area contributed by atoms with E-state index in [-0.39, 0.29) is 23.3 Å². The van der Waals surface area contributed by atoms with Gasteiger partial charge in [0.2, 0.25) is 5.91 Å². The fourth-order valence-corrected chi connectivity index (χ4v) is 2.10. The largest absolute Gasteiger partial charge is 0.354 e. The third kappa shape index (κ3) is 4.75. The van der Waals surface area contributed by atoms with Gasteiger partial charge in [0.25, 0.3) is 9.05 Å². The van der Waals surface area contributed by atoms with Crippen molar-refractivity contribution in [3.63, 3.8) is 0 Å². The predicted molar refractivity (Wildman–Crippen MR) is 66.5 cm³/mol. The molecule has 1 aromatic rings. The molecule has 0 atom stereocenters. The highest BCUT2D eigenvalue weighted by Gasteiger charge is 2.10. The van der Waals surface area contributed by atoms with Crippen LogP contribution < -0.4 is 5.32 Å². The number of hydrogen-bond donors (Lipinski definition) is 1. The Kier molecular flexibility index (Phi) is 4.54. The van der Waals surface area contributed by atoms with Crippen LogP contribution >= 0.6 is 10.7 Å². The van der Waals surface area contributed by atoms with Crippen LogP contribution in [0.4, 0.5) is 0 Å². The van der Waals surface area contributed by atoms with E-state index in [4.69, 9.17) is 10.7 Å². The molecule has 0 aromatic heterocycles. The Labute approximate surface area is 105 Å². The first-order valence-corrected chi connectivity index (χ1v) is 7.43. The molecule has 94 valence electrons. The van der Waals surface area contributed by atoms with Crippen molar-refractivity contribution in [1.82, 2.24) is 5.32 Å². The summed E-state index contributed by atoms with van der Waals surface area (Å²) in [5.74, 6) is -0.0959. The molecule has 17 heavy (non-hydrogen) atoms. The molecule has 0 fully saturated rings. The van der Waals surface area contributed by atoms with Gasteiger partial charge >= 0.3 is 0 Å². The SMILES string of the molecule is CC(C)NC(=O)Cc1ccc(S(=O)(=O)Cl)cc1. The van der Waals surface area contributed by atoms with E-state index in [9.17, 15) is 13.2 Å². The number of halogens is 1. The van der Waals surface area contributed by atoms with Gasteiger partial charge in [-0.05, 0) is 31.5 Å². The molecule has 1 N–H and O–H groups in total. The Morgan fingerprint density at radius 1 is 1.29 bits per heavy atom. The fourth-order valence-electron chi connectivity index (χ4n) is 1.33. The van der Waals surface area contributed by atoms with Gasteiger partial charge in [-0.1, -0.05) is 12.1 Å². The molecule has 4 nitrogen and oxygen atoms in total. The van der Waals surface area contributed by atoms with Gasteiger partial charge in [-0.2, -0.15) is 0 Å². The number of hydrogen-bond acceptors (Lipinski definition) is 3. The van der Waals surface area contributed by atoms with Crippen LogP contribution in [0.25, 0.3) is 0 Å². The summed E-state index contributed by atoms with van der Waals surface area (Å²) in [4.78, 5) is 11.5. The zero-order chi connectivity index (χ0) is 13.1. The number of benzene rings is 1. The number of nitrogens with one attached hydrogen (secondary N) is 1. The molecular formula is C11H14ClNO3S. The minimum absolute atomic E-state index is 0.0344. The van der Waals surface area contributed by atoms with Gasteiger partial charge in [0.05, 0.1) is 11.3 Å². The van der Waals surface area contributed by atoms with E-state index >= 15 is 0 Å². The van der Waals surface area contributed by atoms with Crippen molar-refractivity contribution in [2.45, 2.75) is 31.2 Å². The quantitative estimate of drug-likeness (QED) is 0.851. The Morgan fingerprint density at radius 3 is 2.24 bits per heavy atom. The number of rotatable bonds is 4. The summed E-state index contributed by atoms with van der Waals surface area (Å²) in [5, 5.41) is 2.75. The first-order valence-electron chi connectivity index (χ1n) is 5.12. The second kappa shape index (κ2) is 5.51. The molecule has 0 aliphatic carbocycles. The summed E-state index contributed by atoms with van der Waals surface area (Å²) in [7, 11) is 1.48. The molecule has 0 heterocycles. The second-order valence-corrected chi connectivity index (χ2v) is 6.55. The topological polar surface area (TPSA) is 63.2 Å². The maximum absolute atomic E-state index is 11.4. The Morgan fingerprint density at radius 2 is 1.82 bits per heavy atom. The summed E-state index contributed by atoms with van der Waals surface area (Å²) in [6, 6.07) is 6.02. The summed E-state index contributed by atoms with van der Waals surface area (Å²) >= 11 is 0. The molecule has 0 spiro atoms. The van der Waals surface area contributed by atoms with E-state index in [1.165, 1.54) is 12.1 Å². The molecule has 0 bridgehead atoms. The minimum atomic E-state index is -3.70. The molecule has 0 aliphatic rings. The van der Waals surface area contributed by atoms with Gasteiger partial charge in [-0.3, -0.25) is 4.79 Å². The molecule has 1 aromatic carbocycles. The standard InChI is InChI=1S/C11H14ClNO3S/c1-8(2)13-11(14)7-9-3-5-10(6-4-9)17(12,15)16/h3-6,8H,7H2,1-2H3,(H,13,14). The molecular weight excluding hydrogens is 262 g/mol. The third-order valence-corrected chi connectivity index (χ3v) is 3.39. The Bertz CT molecular complexity index is 494. The van der Waals surface area contributed by atoms with Crippen LogP contribution in [-0.2, 0) is 20.3 Å². The molecule has 1 rings (SSSR count). The zero-order valence-corrected chi connectivity index (χ0v) is 11.2. The summed E-state index contributed by atoms with van der Waals surface area (Å²) in [6.45, 7) is 3.75. The van der Waals surface area contributed by atoms with Crippen LogP contribution in [0.15, 0.2) is 29.2 Å². The summed E-state index contributed by atoms with van der Waals surface area (Å²) in [5.41, 5.74) is 0.743. The van der Waals surface area contributed by atoms with Gasteiger partial charge < -0.3 is 5.32 Å². The lowest BCUT2D eigenvalue weighted by molar-refractivity contribution is -0.120. The lowest BCUT2D eigenvalue weighted by Crippen LogP contribution is -2.31. The molecule has 0 aliphatic heterocycles. The average Bonchev–Trinajstić information content (AvgIpc) is 2.15. The first-order chi connectivity index (χ1) is 7.79. The minimum Gasteiger partial charge on any atom is -0.354 e. The second-order valence-electron chi connectivity index (χ2n) is 3.98. The highest BCUT2D eigenvalue weighted by molar-refractivity contribution is 8.13. The van der Waals surface area contributed by atoms with Crippen LogP contribution in [0.3, 0.4) is 0 Å². The Balaban J connectivity index is 2.73. The lowest BCUT2D eigenvalue weighted by Gasteiger charge is -2.08. The smallest absolute Gasteiger partial charge is 0.261 e. The average molecular weight is 276 g/mol. The van der Waals surface area contributed by atoms with Crippen molar-refractivity contribution in [3.05, 3.63) is 29.8 Å². The predicted octanol–water partition coefficient (Wildman–Crippen LogP) is 1.68. The van der Waals surface area contributed by atoms with E-state index in [0.29, 0.717) is 0 Å². The maximum Gasteiger partial charge on any atom is 0.261 e. The normalized spacial score (nSPS) is 11.5. The molecule has 0 radical (unpaired) electrons. The van der Waals surface area contributed by atoms with E-state index in [2.05, 4.69) is 5.32 Å². The van der Waals surface area contributed by atoms with Crippen molar-refractivity contribution in [2.75, 3.05) is 0 Å².